The van der Waals surface area contributed by atoms with Gasteiger partial charge in [0.05, 0.1) is 11.1 Å². The van der Waals surface area contributed by atoms with Crippen molar-refractivity contribution in [2.75, 3.05) is 5.88 Å². The van der Waals surface area contributed by atoms with E-state index in [1.54, 1.807) is 0 Å². The summed E-state index contributed by atoms with van der Waals surface area (Å²) in [6.07, 6.45) is -4.46. The molecule has 2 nitrogen and oxygen atoms in total. The van der Waals surface area contributed by atoms with Crippen LogP contribution in [-0.4, -0.2) is 11.8 Å². The number of alkyl halides is 4. The Bertz CT molecular complexity index is 443. The first-order valence-corrected chi connectivity index (χ1v) is 5.75. The van der Waals surface area contributed by atoms with Crippen LogP contribution in [0, 0.1) is 0 Å². The first-order valence-electron chi connectivity index (χ1n) is 5.22. The van der Waals surface area contributed by atoms with E-state index in [4.69, 9.17) is 11.6 Å². The van der Waals surface area contributed by atoms with Crippen LogP contribution in [-0.2, 0) is 16.5 Å². The third-order valence-electron chi connectivity index (χ3n) is 2.48. The molecule has 0 radical (unpaired) electrons. The number of rotatable bonds is 3. The molecule has 0 aliphatic carbocycles. The Kier molecular flexibility index (Phi) is 4.27. The van der Waals surface area contributed by atoms with E-state index in [0.29, 0.717) is 0 Å². The maximum absolute atomic E-state index is 12.9. The average molecular weight is 280 g/mol. The zero-order valence-corrected chi connectivity index (χ0v) is 10.7. The smallest absolute Gasteiger partial charge is 0.346 e. The highest BCUT2D eigenvalue weighted by Gasteiger charge is 2.37. The van der Waals surface area contributed by atoms with E-state index in [1.807, 2.05) is 0 Å². The monoisotopic (exact) mass is 279 g/mol. The van der Waals surface area contributed by atoms with Crippen molar-refractivity contribution in [3.63, 3.8) is 0 Å². The van der Waals surface area contributed by atoms with Crippen LogP contribution in [0.3, 0.4) is 0 Å². The molecule has 6 heteroatoms. The summed E-state index contributed by atoms with van der Waals surface area (Å²) in [5.74, 6) is -0.809. The van der Waals surface area contributed by atoms with Gasteiger partial charge in [0.15, 0.2) is 0 Å². The number of nitrogens with one attached hydrogen (secondary N) is 1. The second-order valence-electron chi connectivity index (χ2n) is 4.35. The molecule has 0 fully saturated rings. The molecule has 1 aromatic rings. The van der Waals surface area contributed by atoms with Gasteiger partial charge in [-0.15, -0.1) is 11.6 Å². The van der Waals surface area contributed by atoms with Crippen LogP contribution in [0.15, 0.2) is 24.3 Å². The van der Waals surface area contributed by atoms with Gasteiger partial charge in [-0.2, -0.15) is 13.2 Å². The van der Waals surface area contributed by atoms with Crippen molar-refractivity contribution >= 4 is 17.5 Å². The lowest BCUT2D eigenvalue weighted by molar-refractivity contribution is -0.139. The summed E-state index contributed by atoms with van der Waals surface area (Å²) < 4.78 is 38.6. The van der Waals surface area contributed by atoms with Gasteiger partial charge in [0.1, 0.15) is 5.88 Å². The van der Waals surface area contributed by atoms with Gasteiger partial charge in [-0.1, -0.05) is 18.2 Å². The minimum Gasteiger partial charge on any atom is -0.346 e. The molecular weight excluding hydrogens is 267 g/mol. The van der Waals surface area contributed by atoms with E-state index in [1.165, 1.54) is 32.0 Å². The highest BCUT2D eigenvalue weighted by molar-refractivity contribution is 6.27. The van der Waals surface area contributed by atoms with Crippen molar-refractivity contribution in [3.8, 4) is 0 Å². The van der Waals surface area contributed by atoms with Crippen LogP contribution < -0.4 is 5.32 Å². The van der Waals surface area contributed by atoms with E-state index in [0.717, 1.165) is 6.07 Å². The van der Waals surface area contributed by atoms with Crippen LogP contribution in [0.25, 0.3) is 0 Å². The standard InChI is InChI=1S/C12H13ClF3NO/c1-11(2,17-10(18)7-13)8-5-3-4-6-9(8)12(14,15)16/h3-6H,7H2,1-2H3,(H,17,18). The van der Waals surface area contributed by atoms with Crippen molar-refractivity contribution < 1.29 is 18.0 Å². The fourth-order valence-electron chi connectivity index (χ4n) is 1.72. The third kappa shape index (κ3) is 3.38. The Morgan fingerprint density at radius 1 is 1.22 bits per heavy atom. The molecule has 1 aromatic carbocycles. The molecule has 18 heavy (non-hydrogen) atoms. The lowest BCUT2D eigenvalue weighted by atomic mass is 9.89. The fourth-order valence-corrected chi connectivity index (χ4v) is 1.79. The number of amides is 1. The maximum atomic E-state index is 12.9. The molecule has 1 rings (SSSR count). The topological polar surface area (TPSA) is 29.1 Å². The molecule has 0 aromatic heterocycles. The number of halogens is 4. The normalized spacial score (nSPS) is 12.3. The molecule has 0 bridgehead atoms. The summed E-state index contributed by atoms with van der Waals surface area (Å²) in [7, 11) is 0. The lowest BCUT2D eigenvalue weighted by Gasteiger charge is -2.29. The van der Waals surface area contributed by atoms with Crippen molar-refractivity contribution in [1.29, 1.82) is 0 Å². The molecule has 0 saturated carbocycles. The van der Waals surface area contributed by atoms with E-state index >= 15 is 0 Å². The van der Waals surface area contributed by atoms with Gasteiger partial charge in [-0.25, -0.2) is 0 Å². The summed E-state index contributed by atoms with van der Waals surface area (Å²) in [6, 6.07) is 5.15. The van der Waals surface area contributed by atoms with Crippen molar-refractivity contribution in [3.05, 3.63) is 35.4 Å². The van der Waals surface area contributed by atoms with Crippen LogP contribution in [0.4, 0.5) is 13.2 Å². The Balaban J connectivity index is 3.20. The number of hydrogen-bond acceptors (Lipinski definition) is 1. The molecule has 0 saturated heterocycles. The third-order valence-corrected chi connectivity index (χ3v) is 2.72. The molecular formula is C12H13ClF3NO. The van der Waals surface area contributed by atoms with Gasteiger partial charge < -0.3 is 5.32 Å². The molecule has 0 heterocycles. The van der Waals surface area contributed by atoms with Crippen LogP contribution in [0.1, 0.15) is 25.0 Å². The second kappa shape index (κ2) is 5.18. The van der Waals surface area contributed by atoms with Crippen LogP contribution in [0.5, 0.6) is 0 Å². The van der Waals surface area contributed by atoms with E-state index < -0.39 is 23.2 Å². The summed E-state index contributed by atoms with van der Waals surface area (Å²) in [6.45, 7) is 3.00. The first-order chi connectivity index (χ1) is 8.18. The molecule has 1 amide bonds. The van der Waals surface area contributed by atoms with Gasteiger partial charge in [-0.05, 0) is 25.5 Å². The summed E-state index contributed by atoms with van der Waals surface area (Å²) in [4.78, 5) is 11.2. The fraction of sp³-hybridized carbons (Fsp3) is 0.417. The SMILES string of the molecule is CC(C)(NC(=O)CCl)c1ccccc1C(F)(F)F. The molecule has 0 atom stereocenters. The molecule has 100 valence electrons. The van der Waals surface area contributed by atoms with E-state index in [-0.39, 0.29) is 11.4 Å². The number of carbonyl (C=O) groups excluding carboxylic acids is 1. The summed E-state index contributed by atoms with van der Waals surface area (Å²) in [5.41, 5.74) is -1.89. The summed E-state index contributed by atoms with van der Waals surface area (Å²) >= 11 is 5.34. The zero-order chi connectivity index (χ0) is 14.0. The van der Waals surface area contributed by atoms with Gasteiger partial charge >= 0.3 is 6.18 Å². The molecule has 0 spiro atoms. The van der Waals surface area contributed by atoms with Gasteiger partial charge in [-0.3, -0.25) is 4.79 Å². The second-order valence-corrected chi connectivity index (χ2v) is 4.62. The number of benzene rings is 1. The zero-order valence-electron chi connectivity index (χ0n) is 9.94. The van der Waals surface area contributed by atoms with Gasteiger partial charge in [0, 0.05) is 0 Å². The predicted molar refractivity (Wildman–Crippen MR) is 63.3 cm³/mol. The van der Waals surface area contributed by atoms with Crippen LogP contribution >= 0.6 is 11.6 Å². The van der Waals surface area contributed by atoms with Crippen molar-refractivity contribution in [2.45, 2.75) is 25.6 Å². The minimum absolute atomic E-state index is 0.0102. The quantitative estimate of drug-likeness (QED) is 0.845. The van der Waals surface area contributed by atoms with Crippen molar-refractivity contribution in [2.24, 2.45) is 0 Å². The highest BCUT2D eigenvalue weighted by atomic mass is 35.5. The maximum Gasteiger partial charge on any atom is 0.416 e. The Hall–Kier alpha value is -1.23. The van der Waals surface area contributed by atoms with Crippen LogP contribution in [0.2, 0.25) is 0 Å². The Labute approximate surface area is 108 Å². The molecule has 1 N–H and O–H groups in total. The Morgan fingerprint density at radius 2 is 1.72 bits per heavy atom. The molecule has 0 aliphatic heterocycles. The number of carbonyl (C=O) groups is 1. The van der Waals surface area contributed by atoms with Crippen molar-refractivity contribution in [1.82, 2.24) is 5.32 Å². The molecule has 0 aliphatic rings. The van der Waals surface area contributed by atoms with Gasteiger partial charge in [0.2, 0.25) is 5.91 Å². The van der Waals surface area contributed by atoms with Gasteiger partial charge in [0.25, 0.3) is 0 Å². The Morgan fingerprint density at radius 3 is 2.17 bits per heavy atom. The minimum atomic E-state index is -4.46. The predicted octanol–water partition coefficient (Wildman–Crippen LogP) is 3.30. The highest BCUT2D eigenvalue weighted by Crippen LogP contribution is 2.36. The lowest BCUT2D eigenvalue weighted by Crippen LogP contribution is -2.42. The summed E-state index contributed by atoms with van der Waals surface area (Å²) in [5, 5.41) is 2.46. The number of hydrogen-bond donors (Lipinski definition) is 1. The van der Waals surface area contributed by atoms with E-state index in [2.05, 4.69) is 5.32 Å². The molecule has 0 unspecified atom stereocenters. The first kappa shape index (κ1) is 14.8. The van der Waals surface area contributed by atoms with E-state index in [9.17, 15) is 18.0 Å². The average Bonchev–Trinajstić information content (AvgIpc) is 2.27. The largest absolute Gasteiger partial charge is 0.416 e.